The Bertz CT molecular complexity index is 2680. The molecule has 0 aliphatic carbocycles. The third-order valence-corrected chi connectivity index (χ3v) is 10.3. The minimum absolute atomic E-state index is 0.0347. The molecule has 2 amide bonds. The number of phenols is 2. The summed E-state index contributed by atoms with van der Waals surface area (Å²) in [5.41, 5.74) is 8.63. The molecule has 10 N–H and O–H groups in total. The van der Waals surface area contributed by atoms with Crippen LogP contribution in [0.5, 0.6) is 28.9 Å². The summed E-state index contributed by atoms with van der Waals surface area (Å²) < 4.78 is 12.1. The van der Waals surface area contributed by atoms with Gasteiger partial charge in [-0.25, -0.2) is 14.8 Å². The van der Waals surface area contributed by atoms with Gasteiger partial charge in [-0.3, -0.25) is 9.59 Å². The second-order valence-electron chi connectivity index (χ2n) is 14.3. The largest absolute Gasteiger partial charge is 0.508 e. The second kappa shape index (κ2) is 16.5. The van der Waals surface area contributed by atoms with E-state index in [1.165, 1.54) is 30.5 Å². The number of phenolic OH excluding ortho intramolecular Hbond substituents is 2. The number of nitrogens with zero attached hydrogens (tertiary/aromatic N) is 4. The first-order valence-electron chi connectivity index (χ1n) is 19.0. The quantitative estimate of drug-likeness (QED) is 0.0472. The highest BCUT2D eigenvalue weighted by Gasteiger charge is 2.53. The van der Waals surface area contributed by atoms with Crippen LogP contribution in [0.15, 0.2) is 85.1 Å². The number of ether oxygens (including phenoxy) is 2. The van der Waals surface area contributed by atoms with Crippen LogP contribution in [-0.2, 0) is 21.7 Å². The smallest absolute Gasteiger partial charge is 0.340 e. The van der Waals surface area contributed by atoms with E-state index in [1.807, 2.05) is 6.92 Å². The summed E-state index contributed by atoms with van der Waals surface area (Å²) in [6, 6.07) is 20.9. The lowest BCUT2D eigenvalue weighted by Gasteiger charge is -2.36. The van der Waals surface area contributed by atoms with Gasteiger partial charge in [-0.2, -0.15) is 9.97 Å². The minimum atomic E-state index is -1.38. The number of hydrogen-bond acceptors (Lipinski definition) is 15. The van der Waals surface area contributed by atoms with Crippen LogP contribution < -0.4 is 37.1 Å². The molecule has 0 unspecified atom stereocenters. The standard InChI is InChI=1S/C42H38N10O8S/c1-21(48-37(56)22-3-5-23(6-4-22)46-19-25-20-47-36-35(49-25)38(57)52-40(43)51-36)2-13-34(55)44-14-15-45-41(61)50-24-7-10-29-28(16-24)39(58)60-42(29)30-11-8-26(53)17-32(30)59-33-18-27(54)9-12-31(33)42/h3-12,16-18,20-21,46,53-54H,2,13-15,19H2,1H3,(H,44,55)(H,48,56)(H2,45,50,61)(H3,43,47,51,52,57)/t21-/m1/s1. The fraction of sp³-hybridized carbons (Fsp3) is 0.190. The summed E-state index contributed by atoms with van der Waals surface area (Å²) in [5, 5.41) is 45.6. The number of fused-ring (bicyclic) bond motifs is 7. The number of esters is 1. The monoisotopic (exact) mass is 842 g/mol. The van der Waals surface area contributed by atoms with Crippen molar-refractivity contribution in [3.63, 3.8) is 0 Å². The molecule has 8 rings (SSSR count). The van der Waals surface area contributed by atoms with Crippen LogP contribution in [0.1, 0.15) is 62.9 Å². The molecular weight excluding hydrogens is 805 g/mol. The van der Waals surface area contributed by atoms with Crippen molar-refractivity contribution in [2.75, 3.05) is 29.5 Å². The van der Waals surface area contributed by atoms with E-state index in [1.54, 1.807) is 54.6 Å². The Hall–Kier alpha value is -7.80. The van der Waals surface area contributed by atoms with Crippen molar-refractivity contribution in [1.82, 2.24) is 35.9 Å². The van der Waals surface area contributed by atoms with E-state index >= 15 is 0 Å². The number of benzene rings is 4. The molecule has 0 fully saturated rings. The Labute approximate surface area is 352 Å². The molecule has 0 radical (unpaired) electrons. The maximum absolute atomic E-state index is 13.4. The Kier molecular flexibility index (Phi) is 10.8. The van der Waals surface area contributed by atoms with E-state index in [-0.39, 0.29) is 81.9 Å². The van der Waals surface area contributed by atoms with Crippen molar-refractivity contribution in [1.29, 1.82) is 0 Å². The lowest BCUT2D eigenvalue weighted by Crippen LogP contribution is -2.37. The van der Waals surface area contributed by atoms with E-state index in [9.17, 15) is 29.7 Å². The number of nitrogen functional groups attached to an aromatic ring is 1. The zero-order chi connectivity index (χ0) is 42.8. The number of anilines is 3. The molecule has 2 aliphatic rings. The molecule has 19 heteroatoms. The highest BCUT2D eigenvalue weighted by Crippen LogP contribution is 2.57. The van der Waals surface area contributed by atoms with E-state index in [2.05, 4.69) is 46.5 Å². The van der Waals surface area contributed by atoms with Crippen molar-refractivity contribution in [3.8, 4) is 28.9 Å². The fourth-order valence-corrected chi connectivity index (χ4v) is 7.33. The molecule has 0 bridgehead atoms. The van der Waals surface area contributed by atoms with E-state index in [0.717, 1.165) is 5.69 Å². The summed E-state index contributed by atoms with van der Waals surface area (Å²) in [7, 11) is 0. The molecular formula is C42H38N10O8S. The zero-order valence-corrected chi connectivity index (χ0v) is 33.2. The number of nitrogens with one attached hydrogen (secondary N) is 5. The van der Waals surface area contributed by atoms with Crippen molar-refractivity contribution in [2.45, 2.75) is 38.0 Å². The van der Waals surface area contributed by atoms with Crippen molar-refractivity contribution in [3.05, 3.63) is 119 Å². The number of rotatable bonds is 12. The summed E-state index contributed by atoms with van der Waals surface area (Å²) in [5.74, 6) is -0.991. The summed E-state index contributed by atoms with van der Waals surface area (Å²) in [6.45, 7) is 2.72. The van der Waals surface area contributed by atoms with Gasteiger partial charge in [0.1, 0.15) is 23.0 Å². The number of nitrogens with two attached hydrogens (primary N) is 1. The molecule has 310 valence electrons. The van der Waals surface area contributed by atoms with Gasteiger partial charge in [0.2, 0.25) is 17.7 Å². The number of hydrogen-bond donors (Lipinski definition) is 9. The van der Waals surface area contributed by atoms with Crippen LogP contribution in [-0.4, -0.2) is 77.3 Å². The van der Waals surface area contributed by atoms with Crippen LogP contribution in [0, 0.1) is 0 Å². The Balaban J connectivity index is 0.769. The predicted octanol–water partition coefficient (Wildman–Crippen LogP) is 4.30. The van der Waals surface area contributed by atoms with Gasteiger partial charge in [-0.1, -0.05) is 6.07 Å². The zero-order valence-electron chi connectivity index (χ0n) is 32.4. The van der Waals surface area contributed by atoms with Crippen LogP contribution in [0.4, 0.5) is 17.3 Å². The maximum Gasteiger partial charge on any atom is 0.340 e. The first-order chi connectivity index (χ1) is 29.4. The molecule has 0 saturated carbocycles. The minimum Gasteiger partial charge on any atom is -0.508 e. The average Bonchev–Trinajstić information content (AvgIpc) is 3.51. The number of aromatic nitrogens is 4. The Morgan fingerprint density at radius 3 is 2.25 bits per heavy atom. The third-order valence-electron chi connectivity index (χ3n) is 10.0. The van der Waals surface area contributed by atoms with E-state index in [4.69, 9.17) is 27.4 Å². The molecule has 18 nitrogen and oxygen atoms in total. The summed E-state index contributed by atoms with van der Waals surface area (Å²) >= 11 is 5.47. The molecule has 1 spiro atoms. The maximum atomic E-state index is 13.4. The average molecular weight is 843 g/mol. The normalized spacial score (nSPS) is 13.5. The van der Waals surface area contributed by atoms with Crippen LogP contribution >= 0.6 is 12.2 Å². The molecule has 6 aromatic rings. The first-order valence-corrected chi connectivity index (χ1v) is 19.4. The van der Waals surface area contributed by atoms with Crippen molar-refractivity contribution < 1.29 is 39.2 Å². The van der Waals surface area contributed by atoms with Gasteiger partial charge in [0.25, 0.3) is 5.91 Å². The molecule has 61 heavy (non-hydrogen) atoms. The Morgan fingerprint density at radius 1 is 0.852 bits per heavy atom. The highest BCUT2D eigenvalue weighted by molar-refractivity contribution is 7.80. The predicted molar refractivity (Wildman–Crippen MR) is 226 cm³/mol. The van der Waals surface area contributed by atoms with Crippen LogP contribution in [0.25, 0.3) is 11.2 Å². The fourth-order valence-electron chi connectivity index (χ4n) is 7.12. The number of aromatic hydroxyl groups is 3. The highest BCUT2D eigenvalue weighted by atomic mass is 32.1. The number of carbonyl (C=O) groups is 3. The molecule has 1 atom stereocenters. The van der Waals surface area contributed by atoms with Gasteiger partial charge in [0, 0.05) is 71.3 Å². The van der Waals surface area contributed by atoms with Gasteiger partial charge >= 0.3 is 5.97 Å². The van der Waals surface area contributed by atoms with Crippen LogP contribution in [0.2, 0.25) is 0 Å². The topological polar surface area (TPSA) is 268 Å². The van der Waals surface area contributed by atoms with Gasteiger partial charge in [-0.05, 0) is 86.2 Å². The summed E-state index contributed by atoms with van der Waals surface area (Å²) in [6.07, 6.45) is 2.12. The molecule has 2 aromatic heterocycles. The number of carbonyl (C=O) groups excluding carboxylic acids is 3. The van der Waals surface area contributed by atoms with Gasteiger partial charge < -0.3 is 57.1 Å². The summed E-state index contributed by atoms with van der Waals surface area (Å²) in [4.78, 5) is 55.0. The van der Waals surface area contributed by atoms with E-state index in [0.29, 0.717) is 58.7 Å². The number of thiocarbonyl (C=S) groups is 1. The molecule has 4 aromatic carbocycles. The first kappa shape index (κ1) is 40.0. The van der Waals surface area contributed by atoms with E-state index < -0.39 is 11.6 Å². The Morgan fingerprint density at radius 2 is 1.52 bits per heavy atom. The van der Waals surface area contributed by atoms with Crippen molar-refractivity contribution in [2.24, 2.45) is 0 Å². The number of amides is 2. The van der Waals surface area contributed by atoms with Crippen LogP contribution in [0.3, 0.4) is 0 Å². The lowest BCUT2D eigenvalue weighted by molar-refractivity contribution is -0.121. The SMILES string of the molecule is C[C@H](CCC(=O)NCCNC(=S)Nc1ccc2c(c1)C(=O)OC21c2ccc(O)cc2Oc2cc(O)ccc21)NC(=O)c1ccc(NCc2cnc3nc(N)nc(O)c3n2)cc1. The van der Waals surface area contributed by atoms with Gasteiger partial charge in [0.15, 0.2) is 21.9 Å². The third kappa shape index (κ3) is 8.26. The van der Waals surface area contributed by atoms with Gasteiger partial charge in [0.05, 0.1) is 24.0 Å². The molecule has 4 heterocycles. The second-order valence-corrected chi connectivity index (χ2v) is 14.7. The lowest BCUT2D eigenvalue weighted by atomic mass is 9.77. The molecule has 0 saturated heterocycles. The van der Waals surface area contributed by atoms with Gasteiger partial charge in [-0.15, -0.1) is 0 Å². The molecule has 2 aliphatic heterocycles. The van der Waals surface area contributed by atoms with Crippen molar-refractivity contribution >= 4 is 63.6 Å².